The van der Waals surface area contributed by atoms with E-state index in [0.717, 1.165) is 36.9 Å². The summed E-state index contributed by atoms with van der Waals surface area (Å²) in [5.41, 5.74) is 2.88. The first-order valence-corrected chi connectivity index (χ1v) is 13.9. The van der Waals surface area contributed by atoms with E-state index in [9.17, 15) is 18.8 Å². The number of anilines is 2. The van der Waals surface area contributed by atoms with Gasteiger partial charge in [0.15, 0.2) is 0 Å². The van der Waals surface area contributed by atoms with Crippen LogP contribution < -0.4 is 10.2 Å². The summed E-state index contributed by atoms with van der Waals surface area (Å²) in [5, 5.41) is 2.80. The lowest BCUT2D eigenvalue weighted by molar-refractivity contribution is -0.135. The van der Waals surface area contributed by atoms with E-state index in [2.05, 4.69) is 10.2 Å². The summed E-state index contributed by atoms with van der Waals surface area (Å²) in [6, 6.07) is 20.5. The molecule has 7 nitrogen and oxygen atoms in total. The zero-order valence-electron chi connectivity index (χ0n) is 22.8. The molecule has 1 aliphatic heterocycles. The van der Waals surface area contributed by atoms with E-state index in [1.54, 1.807) is 30.1 Å². The molecule has 0 atom stereocenters. The summed E-state index contributed by atoms with van der Waals surface area (Å²) >= 11 is 0. The smallest absolute Gasteiger partial charge is 0.256 e. The van der Waals surface area contributed by atoms with Crippen LogP contribution in [0.1, 0.15) is 52.0 Å². The van der Waals surface area contributed by atoms with Gasteiger partial charge in [-0.3, -0.25) is 14.4 Å². The van der Waals surface area contributed by atoms with Crippen LogP contribution in [0.2, 0.25) is 0 Å². The Hall–Kier alpha value is -4.20. The van der Waals surface area contributed by atoms with E-state index in [0.29, 0.717) is 44.0 Å². The predicted molar refractivity (Wildman–Crippen MR) is 154 cm³/mol. The highest BCUT2D eigenvalue weighted by atomic mass is 19.1. The van der Waals surface area contributed by atoms with Gasteiger partial charge in [0, 0.05) is 62.6 Å². The van der Waals surface area contributed by atoms with E-state index in [1.165, 1.54) is 18.2 Å². The molecule has 0 aromatic heterocycles. The molecule has 8 heteroatoms. The molecule has 0 spiro atoms. The number of hydrogen-bond acceptors (Lipinski definition) is 4. The third kappa shape index (κ3) is 6.33. The Bertz CT molecular complexity index is 1370. The first-order valence-electron chi connectivity index (χ1n) is 13.9. The lowest BCUT2D eigenvalue weighted by atomic mass is 10.0. The van der Waals surface area contributed by atoms with Gasteiger partial charge in [-0.2, -0.15) is 0 Å². The molecule has 2 fully saturated rings. The molecular formula is C32H35FN4O3. The van der Waals surface area contributed by atoms with Gasteiger partial charge in [0.1, 0.15) is 5.82 Å². The molecule has 1 aliphatic carbocycles. The summed E-state index contributed by atoms with van der Waals surface area (Å²) in [6.07, 6.45) is 4.21. The normalized spacial score (nSPS) is 15.7. The Labute approximate surface area is 234 Å². The summed E-state index contributed by atoms with van der Waals surface area (Å²) in [6.45, 7) is 2.90. The highest BCUT2D eigenvalue weighted by molar-refractivity contribution is 6.06. The van der Waals surface area contributed by atoms with Crippen molar-refractivity contribution in [3.05, 3.63) is 95.3 Å². The molecule has 2 aliphatic rings. The predicted octanol–water partition coefficient (Wildman–Crippen LogP) is 5.19. The van der Waals surface area contributed by atoms with Crippen molar-refractivity contribution in [2.24, 2.45) is 5.92 Å². The van der Waals surface area contributed by atoms with Crippen LogP contribution in [0.5, 0.6) is 0 Å². The van der Waals surface area contributed by atoms with Gasteiger partial charge in [-0.1, -0.05) is 49.2 Å². The van der Waals surface area contributed by atoms with Gasteiger partial charge in [0.25, 0.3) is 11.8 Å². The molecule has 0 bridgehead atoms. The topological polar surface area (TPSA) is 73.0 Å². The van der Waals surface area contributed by atoms with Crippen molar-refractivity contribution in [2.45, 2.75) is 32.2 Å². The third-order valence-corrected chi connectivity index (χ3v) is 7.82. The Morgan fingerprint density at radius 3 is 2.33 bits per heavy atom. The van der Waals surface area contributed by atoms with Crippen LogP contribution >= 0.6 is 0 Å². The van der Waals surface area contributed by atoms with Gasteiger partial charge in [0.2, 0.25) is 5.91 Å². The second-order valence-corrected chi connectivity index (χ2v) is 10.6. The van der Waals surface area contributed by atoms with Crippen molar-refractivity contribution >= 4 is 29.1 Å². The molecule has 1 heterocycles. The van der Waals surface area contributed by atoms with Crippen LogP contribution in [0.25, 0.3) is 0 Å². The largest absolute Gasteiger partial charge is 0.367 e. The minimum atomic E-state index is -0.494. The maximum absolute atomic E-state index is 13.8. The number of carbonyl (C=O) groups excluding carboxylic acids is 3. The Balaban J connectivity index is 1.36. The van der Waals surface area contributed by atoms with Crippen LogP contribution in [-0.4, -0.2) is 60.7 Å². The molecule has 3 amide bonds. The van der Waals surface area contributed by atoms with Gasteiger partial charge in [0.05, 0.1) is 5.56 Å². The van der Waals surface area contributed by atoms with Crippen LogP contribution in [0, 0.1) is 11.7 Å². The van der Waals surface area contributed by atoms with Crippen molar-refractivity contribution in [1.29, 1.82) is 0 Å². The highest BCUT2D eigenvalue weighted by Gasteiger charge is 2.30. The van der Waals surface area contributed by atoms with Gasteiger partial charge in [-0.25, -0.2) is 4.39 Å². The first-order chi connectivity index (χ1) is 19.4. The van der Waals surface area contributed by atoms with E-state index in [-0.39, 0.29) is 23.3 Å². The van der Waals surface area contributed by atoms with Gasteiger partial charge in [-0.15, -0.1) is 0 Å². The standard InChI is InChI=1S/C32H35FN4O3/c1-35(22-23-8-3-2-4-9-23)32(40)28-21-27(34-30(38)25-12-7-13-26(33)20-25)14-15-29(28)36-16-18-37(19-17-36)31(39)24-10-5-6-11-24/h2-4,7-9,12-15,20-21,24H,5-6,10-11,16-19,22H2,1H3,(H,34,38). The number of piperazine rings is 1. The molecule has 40 heavy (non-hydrogen) atoms. The molecule has 1 saturated carbocycles. The number of carbonyl (C=O) groups is 3. The number of halogens is 1. The zero-order valence-corrected chi connectivity index (χ0v) is 22.8. The van der Waals surface area contributed by atoms with E-state index in [1.807, 2.05) is 41.3 Å². The van der Waals surface area contributed by atoms with Crippen LogP contribution in [0.15, 0.2) is 72.8 Å². The van der Waals surface area contributed by atoms with Gasteiger partial charge >= 0.3 is 0 Å². The Morgan fingerprint density at radius 1 is 0.900 bits per heavy atom. The SMILES string of the molecule is CN(Cc1ccccc1)C(=O)c1cc(NC(=O)c2cccc(F)c2)ccc1N1CCN(C(=O)C2CCCC2)CC1. The molecule has 5 rings (SSSR count). The molecule has 3 aromatic carbocycles. The maximum Gasteiger partial charge on any atom is 0.256 e. The van der Waals surface area contributed by atoms with Crippen molar-refractivity contribution < 1.29 is 18.8 Å². The molecule has 3 aromatic rings. The van der Waals surface area contributed by atoms with Gasteiger partial charge < -0.3 is 20.0 Å². The fraction of sp³-hybridized carbons (Fsp3) is 0.344. The quantitative estimate of drug-likeness (QED) is 0.446. The Kier molecular flexibility index (Phi) is 8.43. The van der Waals surface area contributed by atoms with Crippen LogP contribution in [0.4, 0.5) is 15.8 Å². The van der Waals surface area contributed by atoms with Crippen molar-refractivity contribution in [1.82, 2.24) is 9.80 Å². The van der Waals surface area contributed by atoms with E-state index < -0.39 is 11.7 Å². The molecule has 0 radical (unpaired) electrons. The van der Waals surface area contributed by atoms with Crippen LogP contribution in [0.3, 0.4) is 0 Å². The average molecular weight is 543 g/mol. The lowest BCUT2D eigenvalue weighted by Gasteiger charge is -2.38. The minimum absolute atomic E-state index is 0.149. The minimum Gasteiger partial charge on any atom is -0.367 e. The summed E-state index contributed by atoms with van der Waals surface area (Å²) < 4.78 is 13.7. The monoisotopic (exact) mass is 542 g/mol. The van der Waals surface area contributed by atoms with Crippen molar-refractivity contribution in [3.63, 3.8) is 0 Å². The number of nitrogens with zero attached hydrogens (tertiary/aromatic N) is 3. The third-order valence-electron chi connectivity index (χ3n) is 7.82. The number of nitrogens with one attached hydrogen (secondary N) is 1. The fourth-order valence-corrected chi connectivity index (χ4v) is 5.63. The molecule has 0 unspecified atom stereocenters. The molecule has 1 N–H and O–H groups in total. The number of benzene rings is 3. The van der Waals surface area contributed by atoms with Gasteiger partial charge in [-0.05, 0) is 54.8 Å². The zero-order chi connectivity index (χ0) is 28.1. The number of hydrogen-bond donors (Lipinski definition) is 1. The number of rotatable bonds is 7. The summed E-state index contributed by atoms with van der Waals surface area (Å²) in [4.78, 5) is 45.3. The second kappa shape index (κ2) is 12.3. The van der Waals surface area contributed by atoms with E-state index >= 15 is 0 Å². The van der Waals surface area contributed by atoms with Crippen molar-refractivity contribution in [3.8, 4) is 0 Å². The maximum atomic E-state index is 13.8. The second-order valence-electron chi connectivity index (χ2n) is 10.6. The van der Waals surface area contributed by atoms with Crippen LogP contribution in [-0.2, 0) is 11.3 Å². The summed E-state index contributed by atoms with van der Waals surface area (Å²) in [7, 11) is 1.76. The van der Waals surface area contributed by atoms with Crippen molar-refractivity contribution in [2.75, 3.05) is 43.4 Å². The molecular weight excluding hydrogens is 507 g/mol. The number of amides is 3. The Morgan fingerprint density at radius 2 is 1.62 bits per heavy atom. The molecule has 208 valence electrons. The highest BCUT2D eigenvalue weighted by Crippen LogP contribution is 2.30. The molecule has 1 saturated heterocycles. The fourth-order valence-electron chi connectivity index (χ4n) is 5.63. The first kappa shape index (κ1) is 27.4. The summed E-state index contributed by atoms with van der Waals surface area (Å²) in [5.74, 6) is -0.720. The average Bonchev–Trinajstić information content (AvgIpc) is 3.52. The lowest BCUT2D eigenvalue weighted by Crippen LogP contribution is -2.50. The van der Waals surface area contributed by atoms with E-state index in [4.69, 9.17) is 0 Å².